The van der Waals surface area contributed by atoms with Gasteiger partial charge in [0.05, 0.1) is 12.1 Å². The number of hydrogen-bond acceptors (Lipinski definition) is 5. The first-order valence-corrected chi connectivity index (χ1v) is 23.8. The maximum atomic E-state index is 15.1. The van der Waals surface area contributed by atoms with Crippen molar-refractivity contribution >= 4 is 22.6 Å². The van der Waals surface area contributed by atoms with E-state index in [0.29, 0.717) is 0 Å². The van der Waals surface area contributed by atoms with Gasteiger partial charge in [-0.15, -0.1) is 0 Å². The molecule has 7 heteroatoms. The molecule has 1 fully saturated rings. The van der Waals surface area contributed by atoms with Gasteiger partial charge < -0.3 is 13.7 Å². The second-order valence-corrected chi connectivity index (χ2v) is 24.6. The SMILES string of the molecule is CC[Si](CC)(CC)O[C@H](C(=O)O[C@@H]1CCCC[C@H]1c1ccccc1)[C@H](c1ccccc1)N(O[Si](C)(C)C(C)(C)C)[C@@H](C)c1ccccc1. The monoisotopic (exact) mass is 687 g/mol. The first-order valence-electron chi connectivity index (χ1n) is 18.4. The van der Waals surface area contributed by atoms with Crippen LogP contribution in [0.25, 0.3) is 0 Å². The first kappa shape index (κ1) is 38.2. The van der Waals surface area contributed by atoms with Gasteiger partial charge in [0.2, 0.25) is 8.32 Å². The molecule has 0 aromatic heterocycles. The third-order valence-corrected chi connectivity index (χ3v) is 20.1. The Morgan fingerprint density at radius 3 is 1.81 bits per heavy atom. The van der Waals surface area contributed by atoms with Crippen LogP contribution in [0.3, 0.4) is 0 Å². The first-order chi connectivity index (χ1) is 22.9. The van der Waals surface area contributed by atoms with Gasteiger partial charge in [-0.3, -0.25) is 0 Å². The summed E-state index contributed by atoms with van der Waals surface area (Å²) >= 11 is 0. The number of carbonyl (C=O) groups is 1. The van der Waals surface area contributed by atoms with Gasteiger partial charge in [-0.05, 0) is 79.1 Å². The maximum Gasteiger partial charge on any atom is 0.336 e. The van der Waals surface area contributed by atoms with Crippen molar-refractivity contribution in [1.82, 2.24) is 5.06 Å². The van der Waals surface area contributed by atoms with Crippen molar-refractivity contribution in [3.05, 3.63) is 108 Å². The molecule has 1 aliphatic rings. The summed E-state index contributed by atoms with van der Waals surface area (Å²) in [6.45, 7) is 20.2. The number of hydrogen-bond donors (Lipinski definition) is 0. The maximum absolute atomic E-state index is 15.1. The molecule has 1 aliphatic carbocycles. The zero-order valence-corrected chi connectivity index (χ0v) is 33.1. The number of ether oxygens (including phenoxy) is 1. The summed E-state index contributed by atoms with van der Waals surface area (Å²) in [5.74, 6) is -0.0962. The summed E-state index contributed by atoms with van der Waals surface area (Å²) in [6.07, 6.45) is 3.01. The Kier molecular flexibility index (Phi) is 13.5. The highest BCUT2D eigenvalue weighted by molar-refractivity contribution is 6.74. The van der Waals surface area contributed by atoms with Crippen molar-refractivity contribution in [3.63, 3.8) is 0 Å². The molecule has 0 N–H and O–H groups in total. The molecule has 0 unspecified atom stereocenters. The van der Waals surface area contributed by atoms with E-state index in [1.165, 1.54) is 5.56 Å². The van der Waals surface area contributed by atoms with Gasteiger partial charge in [0.1, 0.15) is 6.10 Å². The molecule has 0 radical (unpaired) electrons. The van der Waals surface area contributed by atoms with E-state index in [0.717, 1.165) is 54.9 Å². The zero-order valence-electron chi connectivity index (χ0n) is 31.1. The molecule has 4 rings (SSSR count). The average molecular weight is 688 g/mol. The van der Waals surface area contributed by atoms with E-state index >= 15 is 4.79 Å². The highest BCUT2D eigenvalue weighted by Gasteiger charge is 2.49. The smallest absolute Gasteiger partial charge is 0.336 e. The van der Waals surface area contributed by atoms with Crippen molar-refractivity contribution in [2.75, 3.05) is 0 Å². The fourth-order valence-electron chi connectivity index (χ4n) is 6.81. The molecule has 5 atom stereocenters. The second kappa shape index (κ2) is 16.9. The van der Waals surface area contributed by atoms with Crippen LogP contribution >= 0.6 is 0 Å². The van der Waals surface area contributed by atoms with Crippen molar-refractivity contribution in [2.45, 2.75) is 141 Å². The van der Waals surface area contributed by atoms with E-state index in [-0.39, 0.29) is 29.1 Å². The lowest BCUT2D eigenvalue weighted by Crippen LogP contribution is -2.54. The van der Waals surface area contributed by atoms with E-state index in [1.807, 2.05) is 12.1 Å². The van der Waals surface area contributed by atoms with Crippen molar-refractivity contribution in [1.29, 1.82) is 0 Å². The van der Waals surface area contributed by atoms with Gasteiger partial charge in [0.25, 0.3) is 0 Å². The summed E-state index contributed by atoms with van der Waals surface area (Å²) in [7, 11) is -4.70. The van der Waals surface area contributed by atoms with E-state index in [1.54, 1.807) is 0 Å². The lowest BCUT2D eigenvalue weighted by Gasteiger charge is -2.48. The van der Waals surface area contributed by atoms with E-state index < -0.39 is 28.8 Å². The van der Waals surface area contributed by atoms with Crippen LogP contribution in [0.4, 0.5) is 0 Å². The molecule has 3 aromatic carbocycles. The van der Waals surface area contributed by atoms with Crippen LogP contribution in [0.15, 0.2) is 91.0 Å². The summed E-state index contributed by atoms with van der Waals surface area (Å²) in [6, 6.07) is 33.6. The Morgan fingerprint density at radius 1 is 0.792 bits per heavy atom. The van der Waals surface area contributed by atoms with Crippen LogP contribution in [0.5, 0.6) is 0 Å². The topological polar surface area (TPSA) is 48.0 Å². The molecule has 0 heterocycles. The highest BCUT2D eigenvalue weighted by Crippen LogP contribution is 2.44. The average Bonchev–Trinajstić information content (AvgIpc) is 3.10. The Hall–Kier alpha value is -2.56. The largest absolute Gasteiger partial charge is 0.460 e. The Balaban J connectivity index is 1.88. The second-order valence-electron chi connectivity index (χ2n) is 15.2. The van der Waals surface area contributed by atoms with Gasteiger partial charge in [0, 0.05) is 5.92 Å². The molecule has 0 amide bonds. The van der Waals surface area contributed by atoms with Gasteiger partial charge in [-0.25, -0.2) is 4.79 Å². The summed E-state index contributed by atoms with van der Waals surface area (Å²) in [5, 5.41) is 2.07. The molecule has 0 aliphatic heterocycles. The molecule has 3 aromatic rings. The van der Waals surface area contributed by atoms with Crippen LogP contribution in [0, 0.1) is 0 Å². The number of carbonyl (C=O) groups excluding carboxylic acids is 1. The van der Waals surface area contributed by atoms with Crippen LogP contribution < -0.4 is 0 Å². The molecular weight excluding hydrogens is 627 g/mol. The van der Waals surface area contributed by atoms with E-state index in [2.05, 4.69) is 145 Å². The fraction of sp³-hybridized carbons (Fsp3) is 0.537. The summed E-state index contributed by atoms with van der Waals surface area (Å²) in [4.78, 5) is 15.1. The number of hydroxylamine groups is 2. The molecule has 1 saturated carbocycles. The number of nitrogens with zero attached hydrogens (tertiary/aromatic N) is 1. The minimum Gasteiger partial charge on any atom is -0.460 e. The third-order valence-electron chi connectivity index (χ3n) is 11.2. The summed E-state index contributed by atoms with van der Waals surface area (Å²) < 4.78 is 21.5. The lowest BCUT2D eigenvalue weighted by molar-refractivity contribution is -0.190. The Labute approximate surface area is 293 Å². The molecule has 262 valence electrons. The van der Waals surface area contributed by atoms with Crippen LogP contribution in [0.2, 0.25) is 36.3 Å². The van der Waals surface area contributed by atoms with E-state index in [9.17, 15) is 0 Å². The van der Waals surface area contributed by atoms with Gasteiger partial charge in [0.15, 0.2) is 14.4 Å². The number of esters is 1. The zero-order chi connectivity index (χ0) is 35.0. The Bertz CT molecular complexity index is 1380. The molecular formula is C41H61NO4Si2. The molecule has 0 spiro atoms. The van der Waals surface area contributed by atoms with Gasteiger partial charge >= 0.3 is 5.97 Å². The van der Waals surface area contributed by atoms with Crippen molar-refractivity contribution in [2.24, 2.45) is 0 Å². The fourth-order valence-corrected chi connectivity index (χ4v) is 10.6. The lowest BCUT2D eigenvalue weighted by atomic mass is 9.81. The molecule has 0 bridgehead atoms. The van der Waals surface area contributed by atoms with Gasteiger partial charge in [-0.1, -0.05) is 139 Å². The number of rotatable bonds is 15. The predicted octanol–water partition coefficient (Wildman–Crippen LogP) is 11.4. The minimum absolute atomic E-state index is 0.0560. The third kappa shape index (κ3) is 9.16. The van der Waals surface area contributed by atoms with Crippen molar-refractivity contribution in [3.8, 4) is 0 Å². The molecule has 48 heavy (non-hydrogen) atoms. The van der Waals surface area contributed by atoms with E-state index in [4.69, 9.17) is 13.7 Å². The van der Waals surface area contributed by atoms with Gasteiger partial charge in [-0.2, -0.15) is 5.06 Å². The standard InChI is InChI=1S/C41H61NO4Si2/c1-10-48(11-2,12-3)45-39(40(43)44-37-31-23-22-30-36(37)34-26-18-14-19-27-34)38(35-28-20-15-21-29-35)42(46-47(8,9)41(5,6)7)32(4)33-24-16-13-17-25-33/h13-21,24-29,32,36-39H,10-12,22-23,30-31H2,1-9H3/t32-,36-,37+,38-,39-/m0/s1. The predicted molar refractivity (Wildman–Crippen MR) is 204 cm³/mol. The van der Waals surface area contributed by atoms with Crippen LogP contribution in [-0.4, -0.2) is 39.9 Å². The summed E-state index contributed by atoms with van der Waals surface area (Å²) in [5.41, 5.74) is 3.37. The van der Waals surface area contributed by atoms with Crippen LogP contribution in [-0.2, 0) is 18.5 Å². The quantitative estimate of drug-likeness (QED) is 0.0904. The Morgan fingerprint density at radius 2 is 1.29 bits per heavy atom. The molecule has 0 saturated heterocycles. The highest BCUT2D eigenvalue weighted by atomic mass is 28.4. The minimum atomic E-state index is -2.39. The van der Waals surface area contributed by atoms with Crippen LogP contribution in [0.1, 0.15) is 109 Å². The normalized spacial score (nSPS) is 19.5. The molecule has 5 nitrogen and oxygen atoms in total. The number of benzene rings is 3. The van der Waals surface area contributed by atoms with Crippen molar-refractivity contribution < 1.29 is 18.5 Å².